The number of ether oxygens (including phenoxy) is 1. The number of aliphatic carboxylic acids is 2. The second-order valence-corrected chi connectivity index (χ2v) is 9.66. The van der Waals surface area contributed by atoms with Crippen LogP contribution in [0.1, 0.15) is 51.9 Å². The molecule has 4 aliphatic rings. The number of hydrogen-bond donors (Lipinski definition) is 2. The summed E-state index contributed by atoms with van der Waals surface area (Å²) in [5, 5.41) is 19.0. The van der Waals surface area contributed by atoms with E-state index >= 15 is 0 Å². The monoisotopic (exact) mass is 384 g/mol. The number of Topliss-reactive ketones (excluding diaryl/α,β-unsaturated/α-hetero) is 1. The normalized spacial score (nSPS) is 49.5. The van der Waals surface area contributed by atoms with Crippen molar-refractivity contribution in [2.75, 3.05) is 6.61 Å². The van der Waals surface area contributed by atoms with E-state index in [2.05, 4.69) is 6.92 Å². The number of carbonyl (C=O) groups excluding carboxylic acids is 1. The highest BCUT2D eigenvalue weighted by atomic mass is 35.5. The number of rotatable bonds is 4. The standard InChI is InChI=1S/C19H25ClO6/c1-17-5-4-12-10(11(17)2-3-13(17)21)6-14-19(20,8-16(24)25)18(12,9-26-14)7-15(22)23/h10-12,14H,2-9H2,1H3,(H,22,23)(H,24,25)/t10-,11-,12-,14+,17-,18-,19-/m0/s1. The van der Waals surface area contributed by atoms with Crippen LogP contribution < -0.4 is 0 Å². The van der Waals surface area contributed by atoms with Gasteiger partial charge in [0, 0.05) is 17.3 Å². The van der Waals surface area contributed by atoms with E-state index in [1.54, 1.807) is 0 Å². The first-order valence-corrected chi connectivity index (χ1v) is 9.79. The molecule has 1 aliphatic heterocycles. The highest BCUT2D eigenvalue weighted by molar-refractivity contribution is 6.26. The molecule has 0 amide bonds. The van der Waals surface area contributed by atoms with Gasteiger partial charge >= 0.3 is 11.9 Å². The highest BCUT2D eigenvalue weighted by Gasteiger charge is 2.72. The minimum atomic E-state index is -1.20. The maximum atomic E-state index is 12.5. The van der Waals surface area contributed by atoms with E-state index in [0.717, 1.165) is 12.8 Å². The Hall–Kier alpha value is -1.14. The van der Waals surface area contributed by atoms with E-state index in [4.69, 9.17) is 16.3 Å². The largest absolute Gasteiger partial charge is 0.481 e. The predicted octanol–water partition coefficient (Wildman–Crippen LogP) is 2.71. The van der Waals surface area contributed by atoms with Gasteiger partial charge in [0.1, 0.15) is 5.78 Å². The lowest BCUT2D eigenvalue weighted by Crippen LogP contribution is -2.62. The maximum Gasteiger partial charge on any atom is 0.305 e. The fourth-order valence-electron chi connectivity index (χ4n) is 6.92. The van der Waals surface area contributed by atoms with Crippen LogP contribution in [0.4, 0.5) is 0 Å². The van der Waals surface area contributed by atoms with E-state index in [0.29, 0.717) is 25.0 Å². The fraction of sp³-hybridized carbons (Fsp3) is 0.842. The van der Waals surface area contributed by atoms with Crippen LogP contribution in [0.15, 0.2) is 0 Å². The van der Waals surface area contributed by atoms with Crippen molar-refractivity contribution in [3.05, 3.63) is 0 Å². The summed E-state index contributed by atoms with van der Waals surface area (Å²) in [5.41, 5.74) is -1.22. The van der Waals surface area contributed by atoms with Gasteiger partial charge in [-0.05, 0) is 43.4 Å². The molecule has 2 bridgehead atoms. The fourth-order valence-corrected chi connectivity index (χ4v) is 7.45. The summed E-state index contributed by atoms with van der Waals surface area (Å²) < 4.78 is 5.95. The molecule has 1 heterocycles. The minimum absolute atomic E-state index is 0.0156. The molecule has 3 saturated carbocycles. The van der Waals surface area contributed by atoms with Crippen molar-refractivity contribution in [3.63, 3.8) is 0 Å². The Morgan fingerprint density at radius 3 is 2.54 bits per heavy atom. The van der Waals surface area contributed by atoms with Crippen LogP contribution in [-0.4, -0.2) is 45.5 Å². The average Bonchev–Trinajstić information content (AvgIpc) is 2.89. The number of carboxylic acids is 2. The number of carboxylic acid groups (broad SMARTS) is 2. The summed E-state index contributed by atoms with van der Waals surface area (Å²) in [6, 6.07) is 0. The third-order valence-corrected chi connectivity index (χ3v) is 8.85. The molecule has 0 aromatic heterocycles. The summed E-state index contributed by atoms with van der Waals surface area (Å²) in [7, 11) is 0. The van der Waals surface area contributed by atoms with Gasteiger partial charge in [0.2, 0.25) is 0 Å². The number of fused-ring (bicyclic) bond motifs is 6. The zero-order chi connectivity index (χ0) is 18.9. The molecule has 0 aromatic carbocycles. The smallest absolute Gasteiger partial charge is 0.305 e. The van der Waals surface area contributed by atoms with Crippen LogP contribution in [0.2, 0.25) is 0 Å². The Morgan fingerprint density at radius 2 is 1.88 bits per heavy atom. The van der Waals surface area contributed by atoms with Crippen molar-refractivity contribution in [2.24, 2.45) is 28.6 Å². The molecule has 0 unspecified atom stereocenters. The molecule has 2 N–H and O–H groups in total. The number of ketones is 1. The van der Waals surface area contributed by atoms with Crippen LogP contribution in [0.25, 0.3) is 0 Å². The number of hydrogen-bond acceptors (Lipinski definition) is 4. The summed E-state index contributed by atoms with van der Waals surface area (Å²) in [4.78, 5) is 34.5. The lowest BCUT2D eigenvalue weighted by molar-refractivity contribution is -0.151. The zero-order valence-electron chi connectivity index (χ0n) is 14.9. The summed E-state index contributed by atoms with van der Waals surface area (Å²) >= 11 is 6.92. The molecular weight excluding hydrogens is 360 g/mol. The van der Waals surface area contributed by atoms with Gasteiger partial charge in [0.05, 0.1) is 30.4 Å². The number of alkyl halides is 1. The number of halogens is 1. The van der Waals surface area contributed by atoms with Crippen molar-refractivity contribution in [2.45, 2.75) is 62.8 Å². The maximum absolute atomic E-state index is 12.5. The van der Waals surface area contributed by atoms with Crippen LogP contribution in [0.5, 0.6) is 0 Å². The molecule has 4 fully saturated rings. The van der Waals surface area contributed by atoms with Crippen molar-refractivity contribution in [3.8, 4) is 0 Å². The van der Waals surface area contributed by atoms with Gasteiger partial charge in [0.25, 0.3) is 0 Å². The summed E-state index contributed by atoms with van der Waals surface area (Å²) in [6.07, 6.45) is 2.53. The van der Waals surface area contributed by atoms with Gasteiger partial charge in [-0.25, -0.2) is 0 Å². The van der Waals surface area contributed by atoms with Crippen LogP contribution >= 0.6 is 11.6 Å². The molecule has 7 atom stereocenters. The van der Waals surface area contributed by atoms with Crippen LogP contribution in [-0.2, 0) is 19.1 Å². The van der Waals surface area contributed by atoms with E-state index in [9.17, 15) is 24.6 Å². The lowest BCUT2D eigenvalue weighted by atomic mass is 9.46. The quantitative estimate of drug-likeness (QED) is 0.723. The van der Waals surface area contributed by atoms with Crippen molar-refractivity contribution < 1.29 is 29.3 Å². The summed E-state index contributed by atoms with van der Waals surface area (Å²) in [6.45, 7) is 2.24. The Labute approximate surface area is 157 Å². The molecule has 26 heavy (non-hydrogen) atoms. The minimum Gasteiger partial charge on any atom is -0.481 e. The van der Waals surface area contributed by atoms with E-state index in [1.807, 2.05) is 0 Å². The molecule has 3 aliphatic carbocycles. The van der Waals surface area contributed by atoms with Gasteiger partial charge in [0.15, 0.2) is 0 Å². The Morgan fingerprint density at radius 1 is 1.19 bits per heavy atom. The van der Waals surface area contributed by atoms with E-state index in [-0.39, 0.29) is 42.6 Å². The first-order valence-electron chi connectivity index (χ1n) is 9.41. The Balaban J connectivity index is 1.77. The van der Waals surface area contributed by atoms with Crippen LogP contribution in [0.3, 0.4) is 0 Å². The van der Waals surface area contributed by atoms with Crippen molar-refractivity contribution >= 4 is 29.3 Å². The Kier molecular flexibility index (Phi) is 3.98. The lowest BCUT2D eigenvalue weighted by Gasteiger charge is -2.58. The first kappa shape index (κ1) is 18.2. The third kappa shape index (κ3) is 2.18. The topological polar surface area (TPSA) is 101 Å². The average molecular weight is 385 g/mol. The molecule has 0 spiro atoms. The SMILES string of the molecule is C[C@]12CC[C@H]3[C@@H](C[C@H]4OC[C@]3(CC(=O)O)[C@]4(Cl)CC(=O)O)[C@@H]1CCC2=O. The first-order chi connectivity index (χ1) is 12.1. The van der Waals surface area contributed by atoms with Gasteiger partial charge in [-0.1, -0.05) is 6.92 Å². The predicted molar refractivity (Wildman–Crippen MR) is 91.9 cm³/mol. The molecule has 1 saturated heterocycles. The second kappa shape index (κ2) is 5.68. The summed E-state index contributed by atoms with van der Waals surface area (Å²) in [5.74, 6) is -1.31. The second-order valence-electron chi connectivity index (χ2n) is 8.99. The molecule has 144 valence electrons. The van der Waals surface area contributed by atoms with Crippen molar-refractivity contribution in [1.82, 2.24) is 0 Å². The highest BCUT2D eigenvalue weighted by Crippen LogP contribution is 2.69. The molecule has 0 radical (unpaired) electrons. The van der Waals surface area contributed by atoms with Crippen molar-refractivity contribution in [1.29, 1.82) is 0 Å². The van der Waals surface area contributed by atoms with Gasteiger partial charge in [-0.3, -0.25) is 14.4 Å². The van der Waals surface area contributed by atoms with Gasteiger partial charge in [-0.2, -0.15) is 0 Å². The number of carbonyl (C=O) groups is 3. The molecule has 6 nitrogen and oxygen atoms in total. The van der Waals surface area contributed by atoms with Gasteiger partial charge in [-0.15, -0.1) is 11.6 Å². The molecule has 4 rings (SSSR count). The Bertz CT molecular complexity index is 679. The van der Waals surface area contributed by atoms with Crippen LogP contribution in [0, 0.1) is 28.6 Å². The molecule has 7 heteroatoms. The van der Waals surface area contributed by atoms with E-state index < -0.39 is 28.3 Å². The molecule has 0 aromatic rings. The third-order valence-electron chi connectivity index (χ3n) is 8.10. The molecular formula is C19H25ClO6. The van der Waals surface area contributed by atoms with Gasteiger partial charge < -0.3 is 14.9 Å². The van der Waals surface area contributed by atoms with E-state index in [1.165, 1.54) is 0 Å². The zero-order valence-corrected chi connectivity index (χ0v) is 15.6.